The number of halogens is 1. The number of morpholine rings is 1. The number of pyridine rings is 1. The Morgan fingerprint density at radius 1 is 1.16 bits per heavy atom. The zero-order chi connectivity index (χ0) is 17.2. The summed E-state index contributed by atoms with van der Waals surface area (Å²) in [7, 11) is 0. The van der Waals surface area contributed by atoms with Gasteiger partial charge in [0.25, 0.3) is 5.91 Å². The topological polar surface area (TPSA) is 45.7 Å². The summed E-state index contributed by atoms with van der Waals surface area (Å²) in [4.78, 5) is 21.3. The van der Waals surface area contributed by atoms with Crippen LogP contribution in [0.4, 0.5) is 5.82 Å². The quantitative estimate of drug-likeness (QED) is 0.828. The van der Waals surface area contributed by atoms with Crippen molar-refractivity contribution in [1.82, 2.24) is 9.88 Å². The lowest BCUT2D eigenvalue weighted by molar-refractivity contribution is -0.145. The molecule has 1 fully saturated rings. The standard InChI is InChI=1S/C19H20ClN3O2/c20-16-5-6-18(21-11-16)22-9-10-25-17(13-22)19(24)23-8-7-14-3-1-2-4-15(14)12-23/h1-6,11,17H,7-10,12-13H2. The fourth-order valence-electron chi connectivity index (χ4n) is 3.45. The van der Waals surface area contributed by atoms with Crippen LogP contribution in [0.25, 0.3) is 0 Å². The Morgan fingerprint density at radius 2 is 2.00 bits per heavy atom. The monoisotopic (exact) mass is 357 g/mol. The highest BCUT2D eigenvalue weighted by molar-refractivity contribution is 6.30. The maximum absolute atomic E-state index is 12.9. The van der Waals surface area contributed by atoms with Gasteiger partial charge in [0, 0.05) is 25.8 Å². The molecule has 1 saturated heterocycles. The molecule has 130 valence electrons. The summed E-state index contributed by atoms with van der Waals surface area (Å²) in [6.45, 7) is 3.17. The number of carbonyl (C=O) groups is 1. The summed E-state index contributed by atoms with van der Waals surface area (Å²) < 4.78 is 5.77. The summed E-state index contributed by atoms with van der Waals surface area (Å²) >= 11 is 5.91. The summed E-state index contributed by atoms with van der Waals surface area (Å²) in [6.07, 6.45) is 2.08. The molecule has 1 aromatic heterocycles. The van der Waals surface area contributed by atoms with Crippen molar-refractivity contribution in [3.05, 3.63) is 58.7 Å². The molecule has 2 aliphatic rings. The number of rotatable bonds is 2. The second-order valence-corrected chi connectivity index (χ2v) is 6.86. The molecule has 1 amide bonds. The van der Waals surface area contributed by atoms with Crippen LogP contribution < -0.4 is 4.90 Å². The first-order valence-electron chi connectivity index (χ1n) is 8.54. The van der Waals surface area contributed by atoms with Crippen LogP contribution in [-0.2, 0) is 22.5 Å². The average molecular weight is 358 g/mol. The molecule has 1 unspecified atom stereocenters. The molecule has 0 N–H and O–H groups in total. The number of anilines is 1. The van der Waals surface area contributed by atoms with Crippen LogP contribution in [0.15, 0.2) is 42.6 Å². The maximum Gasteiger partial charge on any atom is 0.253 e. The minimum atomic E-state index is -0.448. The summed E-state index contributed by atoms with van der Waals surface area (Å²) in [5.74, 6) is 0.891. The van der Waals surface area contributed by atoms with Crippen molar-refractivity contribution in [2.75, 3.05) is 31.1 Å². The summed E-state index contributed by atoms with van der Waals surface area (Å²) in [5.41, 5.74) is 2.57. The maximum atomic E-state index is 12.9. The predicted octanol–water partition coefficient (Wildman–Crippen LogP) is 2.53. The first kappa shape index (κ1) is 16.4. The van der Waals surface area contributed by atoms with Crippen molar-refractivity contribution < 1.29 is 9.53 Å². The second-order valence-electron chi connectivity index (χ2n) is 6.42. The number of benzene rings is 1. The molecular weight excluding hydrogens is 338 g/mol. The van der Waals surface area contributed by atoms with Crippen LogP contribution in [0.1, 0.15) is 11.1 Å². The number of aromatic nitrogens is 1. The van der Waals surface area contributed by atoms with E-state index in [1.807, 2.05) is 23.1 Å². The lowest BCUT2D eigenvalue weighted by atomic mass is 9.99. The highest BCUT2D eigenvalue weighted by Crippen LogP contribution is 2.22. The SMILES string of the molecule is O=C(C1CN(c2ccc(Cl)cn2)CCO1)N1CCc2ccccc2C1. The zero-order valence-electron chi connectivity index (χ0n) is 13.9. The molecule has 2 aliphatic heterocycles. The minimum absolute atomic E-state index is 0.0631. The molecule has 0 radical (unpaired) electrons. The third-order valence-electron chi connectivity index (χ3n) is 4.82. The Labute approximate surface area is 152 Å². The van der Waals surface area contributed by atoms with Crippen molar-refractivity contribution >= 4 is 23.3 Å². The number of hydrogen-bond donors (Lipinski definition) is 0. The van der Waals surface area contributed by atoms with Crippen LogP contribution in [0.5, 0.6) is 0 Å². The first-order chi connectivity index (χ1) is 12.2. The lowest BCUT2D eigenvalue weighted by Gasteiger charge is -2.37. The van der Waals surface area contributed by atoms with Gasteiger partial charge in [-0.15, -0.1) is 0 Å². The predicted molar refractivity (Wildman–Crippen MR) is 96.8 cm³/mol. The highest BCUT2D eigenvalue weighted by atomic mass is 35.5. The van der Waals surface area contributed by atoms with E-state index >= 15 is 0 Å². The van der Waals surface area contributed by atoms with E-state index in [9.17, 15) is 4.79 Å². The first-order valence-corrected chi connectivity index (χ1v) is 8.92. The number of amides is 1. The van der Waals surface area contributed by atoms with Gasteiger partial charge in [-0.3, -0.25) is 4.79 Å². The van der Waals surface area contributed by atoms with Gasteiger partial charge in [0.05, 0.1) is 18.2 Å². The number of fused-ring (bicyclic) bond motifs is 1. The molecule has 0 aliphatic carbocycles. The Kier molecular flexibility index (Phi) is 4.59. The lowest BCUT2D eigenvalue weighted by Crippen LogP contribution is -2.52. The van der Waals surface area contributed by atoms with E-state index in [0.29, 0.717) is 24.7 Å². The van der Waals surface area contributed by atoms with Crippen LogP contribution in [0.2, 0.25) is 5.02 Å². The Morgan fingerprint density at radius 3 is 2.80 bits per heavy atom. The van der Waals surface area contributed by atoms with E-state index in [4.69, 9.17) is 16.3 Å². The molecule has 1 atom stereocenters. The van der Waals surface area contributed by atoms with Crippen molar-refractivity contribution in [3.8, 4) is 0 Å². The summed E-state index contributed by atoms with van der Waals surface area (Å²) in [6, 6.07) is 12.0. The van der Waals surface area contributed by atoms with Gasteiger partial charge in [-0.05, 0) is 29.7 Å². The fraction of sp³-hybridized carbons (Fsp3) is 0.368. The minimum Gasteiger partial charge on any atom is -0.365 e. The van der Waals surface area contributed by atoms with Gasteiger partial charge in [0.15, 0.2) is 6.10 Å². The van der Waals surface area contributed by atoms with Gasteiger partial charge in [0.2, 0.25) is 0 Å². The molecule has 0 bridgehead atoms. The molecule has 5 nitrogen and oxygen atoms in total. The van der Waals surface area contributed by atoms with Crippen molar-refractivity contribution in [3.63, 3.8) is 0 Å². The molecule has 3 heterocycles. The van der Waals surface area contributed by atoms with E-state index in [0.717, 1.165) is 25.3 Å². The Balaban J connectivity index is 1.44. The van der Waals surface area contributed by atoms with Crippen LogP contribution in [0, 0.1) is 0 Å². The molecule has 2 aromatic rings. The number of carbonyl (C=O) groups excluding carboxylic acids is 1. The number of ether oxygens (including phenoxy) is 1. The second kappa shape index (κ2) is 7.02. The third kappa shape index (κ3) is 3.48. The van der Waals surface area contributed by atoms with Crippen molar-refractivity contribution in [2.24, 2.45) is 0 Å². The van der Waals surface area contributed by atoms with E-state index < -0.39 is 6.10 Å². The van der Waals surface area contributed by atoms with Gasteiger partial charge in [0.1, 0.15) is 5.82 Å². The molecule has 4 rings (SSSR count). The zero-order valence-corrected chi connectivity index (χ0v) is 14.7. The Bertz CT molecular complexity index is 766. The van der Waals surface area contributed by atoms with Crippen molar-refractivity contribution in [1.29, 1.82) is 0 Å². The molecule has 6 heteroatoms. The van der Waals surface area contributed by atoms with Gasteiger partial charge >= 0.3 is 0 Å². The normalized spacial score (nSPS) is 20.3. The number of hydrogen-bond acceptors (Lipinski definition) is 4. The molecule has 25 heavy (non-hydrogen) atoms. The molecule has 0 saturated carbocycles. The largest absolute Gasteiger partial charge is 0.365 e. The fourth-order valence-corrected chi connectivity index (χ4v) is 3.56. The van der Waals surface area contributed by atoms with E-state index in [2.05, 4.69) is 28.1 Å². The van der Waals surface area contributed by atoms with Gasteiger partial charge in [-0.2, -0.15) is 0 Å². The molecular formula is C19H20ClN3O2. The van der Waals surface area contributed by atoms with Crippen molar-refractivity contribution in [2.45, 2.75) is 19.1 Å². The highest BCUT2D eigenvalue weighted by Gasteiger charge is 2.32. The molecule has 0 spiro atoms. The van der Waals surface area contributed by atoms with Crippen LogP contribution in [-0.4, -0.2) is 48.1 Å². The van der Waals surface area contributed by atoms with E-state index in [-0.39, 0.29) is 5.91 Å². The third-order valence-corrected chi connectivity index (χ3v) is 5.04. The average Bonchev–Trinajstić information content (AvgIpc) is 2.68. The van der Waals surface area contributed by atoms with E-state index in [1.54, 1.807) is 6.20 Å². The van der Waals surface area contributed by atoms with Crippen LogP contribution in [0.3, 0.4) is 0 Å². The van der Waals surface area contributed by atoms with E-state index in [1.165, 1.54) is 11.1 Å². The number of nitrogens with zero attached hydrogens (tertiary/aromatic N) is 3. The van der Waals surface area contributed by atoms with Gasteiger partial charge < -0.3 is 14.5 Å². The smallest absolute Gasteiger partial charge is 0.253 e. The van der Waals surface area contributed by atoms with Crippen LogP contribution >= 0.6 is 11.6 Å². The Hall–Kier alpha value is -2.11. The van der Waals surface area contributed by atoms with Gasteiger partial charge in [-0.25, -0.2) is 4.98 Å². The summed E-state index contributed by atoms with van der Waals surface area (Å²) in [5, 5.41) is 0.608. The van der Waals surface area contributed by atoms with Gasteiger partial charge in [-0.1, -0.05) is 35.9 Å². The molecule has 1 aromatic carbocycles.